The molecule has 0 spiro atoms. The molecule has 0 aliphatic heterocycles. The third kappa shape index (κ3) is 3.46. The van der Waals surface area contributed by atoms with E-state index in [9.17, 15) is 4.39 Å². The second kappa shape index (κ2) is 6.93. The highest BCUT2D eigenvalue weighted by molar-refractivity contribution is 5.58. The number of rotatable bonds is 2. The highest BCUT2D eigenvalue weighted by Crippen LogP contribution is 2.13. The summed E-state index contributed by atoms with van der Waals surface area (Å²) in [6.45, 7) is 9.13. The van der Waals surface area contributed by atoms with Crippen molar-refractivity contribution in [2.45, 2.75) is 13.8 Å². The summed E-state index contributed by atoms with van der Waals surface area (Å²) in [5.41, 5.74) is 2.91. The van der Waals surface area contributed by atoms with Gasteiger partial charge in [-0.05, 0) is 18.7 Å². The van der Waals surface area contributed by atoms with E-state index in [1.165, 1.54) is 19.2 Å². The third-order valence-electron chi connectivity index (χ3n) is 1.42. The van der Waals surface area contributed by atoms with Crippen LogP contribution in [-0.4, -0.2) is 7.11 Å². The molecule has 0 saturated carbocycles. The van der Waals surface area contributed by atoms with E-state index in [0.29, 0.717) is 11.3 Å². The molecule has 1 nitrogen and oxygen atoms in total. The Morgan fingerprint density at radius 3 is 2.50 bits per heavy atom. The zero-order valence-corrected chi connectivity index (χ0v) is 8.67. The molecule has 0 fully saturated rings. The Balaban J connectivity index is 0.000000791. The number of hydrogen-bond acceptors (Lipinski definition) is 1. The molecule has 0 unspecified atom stereocenters. The Kier molecular flexibility index (Phi) is 6.17. The van der Waals surface area contributed by atoms with E-state index in [0.717, 1.165) is 0 Å². The summed E-state index contributed by atoms with van der Waals surface area (Å²) >= 11 is 0. The first-order valence-electron chi connectivity index (χ1n) is 4.41. The zero-order chi connectivity index (χ0) is 11.0. The lowest BCUT2D eigenvalue weighted by atomic mass is 10.2. The lowest BCUT2D eigenvalue weighted by molar-refractivity contribution is 0.370. The van der Waals surface area contributed by atoms with Gasteiger partial charge in [0.2, 0.25) is 0 Å². The molecule has 0 aliphatic rings. The topological polar surface area (TPSA) is 9.23 Å². The summed E-state index contributed by atoms with van der Waals surface area (Å²) in [7, 11) is 1.46. The van der Waals surface area contributed by atoms with Gasteiger partial charge in [-0.3, -0.25) is 0 Å². The third-order valence-corrected chi connectivity index (χ3v) is 1.42. The van der Waals surface area contributed by atoms with E-state index in [2.05, 4.69) is 5.73 Å². The van der Waals surface area contributed by atoms with Gasteiger partial charge in [0.25, 0.3) is 0 Å². The molecule has 1 radical (unpaired) electrons. The first-order chi connectivity index (χ1) is 6.77. The second-order valence-corrected chi connectivity index (χ2v) is 2.19. The molecule has 0 atom stereocenters. The normalized spacial score (nSPS) is 8.00. The minimum absolute atomic E-state index is 0.322. The molecule has 1 aromatic rings. The summed E-state index contributed by atoms with van der Waals surface area (Å²) in [6, 6.07) is 5.97. The van der Waals surface area contributed by atoms with E-state index >= 15 is 0 Å². The lowest BCUT2D eigenvalue weighted by Gasteiger charge is -2.01. The molecular formula is C12H14FO. The summed E-state index contributed by atoms with van der Waals surface area (Å²) in [4.78, 5) is 0. The Hall–Kier alpha value is -1.53. The maximum atomic E-state index is 12.7. The SMILES string of the molecule is CC.[CH]=C=C(OC)c1cccc(F)c1. The average molecular weight is 193 g/mol. The predicted molar refractivity (Wildman–Crippen MR) is 56.0 cm³/mol. The Labute approximate surface area is 84.5 Å². The quantitative estimate of drug-likeness (QED) is 0.516. The molecule has 75 valence electrons. The van der Waals surface area contributed by atoms with Crippen LogP contribution < -0.4 is 0 Å². The van der Waals surface area contributed by atoms with Gasteiger partial charge in [-0.15, -0.1) is 0 Å². The molecule has 1 aromatic carbocycles. The van der Waals surface area contributed by atoms with E-state index in [4.69, 9.17) is 11.3 Å². The molecule has 0 saturated heterocycles. The van der Waals surface area contributed by atoms with Gasteiger partial charge in [0.15, 0.2) is 5.76 Å². The summed E-state index contributed by atoms with van der Waals surface area (Å²) in [5, 5.41) is 0. The van der Waals surface area contributed by atoms with Crippen molar-refractivity contribution in [1.29, 1.82) is 0 Å². The van der Waals surface area contributed by atoms with Gasteiger partial charge in [0, 0.05) is 5.56 Å². The minimum atomic E-state index is -0.322. The van der Waals surface area contributed by atoms with Crippen molar-refractivity contribution >= 4 is 5.76 Å². The number of ether oxygens (including phenoxy) is 1. The lowest BCUT2D eigenvalue weighted by Crippen LogP contribution is -1.86. The fourth-order valence-electron chi connectivity index (χ4n) is 0.890. The first-order valence-corrected chi connectivity index (χ1v) is 4.41. The summed E-state index contributed by atoms with van der Waals surface area (Å²) in [5.74, 6) is 0.0202. The van der Waals surface area contributed by atoms with Crippen molar-refractivity contribution in [3.8, 4) is 0 Å². The maximum absolute atomic E-state index is 12.7. The smallest absolute Gasteiger partial charge is 0.169 e. The van der Waals surface area contributed by atoms with E-state index in [1.807, 2.05) is 13.8 Å². The fraction of sp³-hybridized carbons (Fsp3) is 0.250. The number of hydrogen-bond donors (Lipinski definition) is 0. The van der Waals surface area contributed by atoms with Crippen LogP contribution in [0.1, 0.15) is 19.4 Å². The van der Waals surface area contributed by atoms with Crippen LogP contribution in [0.4, 0.5) is 4.39 Å². The van der Waals surface area contributed by atoms with Crippen molar-refractivity contribution in [2.24, 2.45) is 0 Å². The van der Waals surface area contributed by atoms with Crippen LogP contribution in [0.15, 0.2) is 30.0 Å². The van der Waals surface area contributed by atoms with Gasteiger partial charge in [-0.1, -0.05) is 31.7 Å². The summed E-state index contributed by atoms with van der Waals surface area (Å²) < 4.78 is 17.5. The Bertz CT molecular complexity index is 325. The standard InChI is InChI=1S/C10H8FO.C2H6/c1-3-10(12-2)8-5-4-6-9(11)7-8;1-2/h1,4-7H,2H3;1-2H3. The fourth-order valence-corrected chi connectivity index (χ4v) is 0.890. The van der Waals surface area contributed by atoms with Crippen molar-refractivity contribution in [3.63, 3.8) is 0 Å². The maximum Gasteiger partial charge on any atom is 0.169 e. The van der Waals surface area contributed by atoms with E-state index in [1.54, 1.807) is 12.1 Å². The van der Waals surface area contributed by atoms with Gasteiger partial charge >= 0.3 is 0 Å². The van der Waals surface area contributed by atoms with Gasteiger partial charge in [0.05, 0.1) is 7.11 Å². The first kappa shape index (κ1) is 12.5. The molecule has 2 heteroatoms. The van der Waals surface area contributed by atoms with E-state index < -0.39 is 0 Å². The zero-order valence-electron chi connectivity index (χ0n) is 8.67. The Morgan fingerprint density at radius 1 is 1.43 bits per heavy atom. The van der Waals surface area contributed by atoms with Gasteiger partial charge < -0.3 is 4.74 Å². The molecular weight excluding hydrogens is 179 g/mol. The molecule has 0 bridgehead atoms. The molecule has 14 heavy (non-hydrogen) atoms. The number of benzene rings is 1. The van der Waals surface area contributed by atoms with Crippen LogP contribution in [0.25, 0.3) is 5.76 Å². The highest BCUT2D eigenvalue weighted by Gasteiger charge is 1.99. The molecule has 0 amide bonds. The van der Waals surface area contributed by atoms with Crippen LogP contribution in [0.2, 0.25) is 0 Å². The van der Waals surface area contributed by atoms with Crippen LogP contribution in [0.3, 0.4) is 0 Å². The van der Waals surface area contributed by atoms with Crippen LogP contribution in [-0.2, 0) is 4.74 Å². The van der Waals surface area contributed by atoms with Crippen LogP contribution in [0.5, 0.6) is 0 Å². The van der Waals surface area contributed by atoms with Crippen molar-refractivity contribution < 1.29 is 9.13 Å². The second-order valence-electron chi connectivity index (χ2n) is 2.19. The molecule has 1 rings (SSSR count). The molecule has 0 heterocycles. The van der Waals surface area contributed by atoms with Crippen molar-refractivity contribution in [3.05, 3.63) is 48.0 Å². The number of methoxy groups -OCH3 is 1. The number of halogens is 1. The largest absolute Gasteiger partial charge is 0.489 e. The predicted octanol–water partition coefficient (Wildman–Crippen LogP) is 3.43. The molecule has 0 aliphatic carbocycles. The van der Waals surface area contributed by atoms with Crippen molar-refractivity contribution in [1.82, 2.24) is 0 Å². The van der Waals surface area contributed by atoms with Crippen LogP contribution >= 0.6 is 0 Å². The average Bonchev–Trinajstić information content (AvgIpc) is 2.23. The monoisotopic (exact) mass is 193 g/mol. The molecule has 0 aromatic heterocycles. The van der Waals surface area contributed by atoms with Gasteiger partial charge in [-0.2, -0.15) is 0 Å². The highest BCUT2D eigenvalue weighted by atomic mass is 19.1. The minimum Gasteiger partial charge on any atom is -0.489 e. The van der Waals surface area contributed by atoms with Crippen molar-refractivity contribution in [2.75, 3.05) is 7.11 Å². The van der Waals surface area contributed by atoms with Crippen LogP contribution in [0, 0.1) is 12.4 Å². The molecule has 0 N–H and O–H groups in total. The van der Waals surface area contributed by atoms with Gasteiger partial charge in [-0.25, -0.2) is 4.39 Å². The van der Waals surface area contributed by atoms with E-state index in [-0.39, 0.29) is 5.82 Å². The van der Waals surface area contributed by atoms with Gasteiger partial charge in [0.1, 0.15) is 5.82 Å². The Morgan fingerprint density at radius 2 is 2.07 bits per heavy atom. The summed E-state index contributed by atoms with van der Waals surface area (Å²) in [6.07, 6.45) is 0.